The van der Waals surface area contributed by atoms with Crippen LogP contribution in [0.3, 0.4) is 0 Å². The van der Waals surface area contributed by atoms with Crippen molar-refractivity contribution in [3.8, 4) is 11.3 Å². The number of nitro benzene ring substituents is 1. The third kappa shape index (κ3) is 4.44. The molecule has 0 amide bonds. The number of nitrogens with one attached hydrogen (secondary N) is 1. The summed E-state index contributed by atoms with van der Waals surface area (Å²) in [5.74, 6) is 1.04. The van der Waals surface area contributed by atoms with E-state index < -0.39 is 20.6 Å². The maximum atomic E-state index is 11.4. The van der Waals surface area contributed by atoms with Gasteiger partial charge >= 0.3 is 0 Å². The number of rotatable bonds is 6. The molecule has 0 radical (unpaired) electrons. The average Bonchev–Trinajstić information content (AvgIpc) is 3.10. The van der Waals surface area contributed by atoms with Gasteiger partial charge < -0.3 is 4.42 Å². The van der Waals surface area contributed by atoms with Crippen LogP contribution in [0.4, 0.5) is 11.4 Å². The van der Waals surface area contributed by atoms with Gasteiger partial charge in [0.1, 0.15) is 17.2 Å². The molecule has 3 aromatic rings. The van der Waals surface area contributed by atoms with E-state index in [1.165, 1.54) is 12.3 Å². The van der Waals surface area contributed by atoms with Crippen molar-refractivity contribution in [1.82, 2.24) is 0 Å². The summed E-state index contributed by atoms with van der Waals surface area (Å²) in [5.41, 5.74) is 2.90. The molecule has 3 rings (SSSR count). The molecule has 0 fully saturated rings. The number of nitrogens with zero attached hydrogens (tertiary/aromatic N) is 2. The molecule has 28 heavy (non-hydrogen) atoms. The molecule has 11 heteroatoms. The summed E-state index contributed by atoms with van der Waals surface area (Å²) in [7, 11) is -4.06. The number of primary sulfonamides is 1. The van der Waals surface area contributed by atoms with E-state index in [0.717, 1.165) is 22.2 Å². The number of halogens is 1. The zero-order valence-corrected chi connectivity index (χ0v) is 16.5. The Balaban J connectivity index is 1.80. The zero-order valence-electron chi connectivity index (χ0n) is 14.1. The first-order chi connectivity index (χ1) is 13.3. The van der Waals surface area contributed by atoms with Crippen LogP contribution in [0.1, 0.15) is 5.76 Å². The van der Waals surface area contributed by atoms with Gasteiger partial charge in [0.2, 0.25) is 10.0 Å². The van der Waals surface area contributed by atoms with E-state index in [1.54, 1.807) is 12.1 Å². The average molecular weight is 465 g/mol. The quantitative estimate of drug-likeness (QED) is 0.323. The van der Waals surface area contributed by atoms with Crippen LogP contribution in [-0.4, -0.2) is 19.6 Å². The standard InChI is InChI=1S/C17H13BrN4O5S/c18-14-4-2-1-3-13(14)17-8-5-11(27-17)10-20-21-15-7-6-12(28(19,25)26)9-16(15)22(23)24/h1-10,21H,(H2,19,25,26)/b20-10+. The third-order valence-electron chi connectivity index (χ3n) is 3.64. The van der Waals surface area contributed by atoms with E-state index in [9.17, 15) is 18.5 Å². The fraction of sp³-hybridized carbons (Fsp3) is 0. The maximum Gasteiger partial charge on any atom is 0.295 e. The summed E-state index contributed by atoms with van der Waals surface area (Å²) in [6.45, 7) is 0. The van der Waals surface area contributed by atoms with Crippen molar-refractivity contribution in [2.24, 2.45) is 10.2 Å². The highest BCUT2D eigenvalue weighted by Crippen LogP contribution is 2.29. The fourth-order valence-corrected chi connectivity index (χ4v) is 3.34. The Morgan fingerprint density at radius 1 is 1.18 bits per heavy atom. The SMILES string of the molecule is NS(=O)(=O)c1ccc(N/N=C/c2ccc(-c3ccccc3Br)o2)c([N+](=O)[O-])c1. The van der Waals surface area contributed by atoms with E-state index in [2.05, 4.69) is 26.5 Å². The molecular weight excluding hydrogens is 452 g/mol. The molecule has 0 aliphatic rings. The summed E-state index contributed by atoms with van der Waals surface area (Å²) in [6, 6.07) is 14.2. The van der Waals surface area contributed by atoms with Gasteiger partial charge in [0, 0.05) is 16.1 Å². The van der Waals surface area contributed by atoms with Gasteiger partial charge in [-0.2, -0.15) is 5.10 Å². The van der Waals surface area contributed by atoms with Crippen LogP contribution in [0.5, 0.6) is 0 Å². The fourth-order valence-electron chi connectivity index (χ4n) is 2.33. The van der Waals surface area contributed by atoms with Gasteiger partial charge in [0.25, 0.3) is 5.69 Å². The van der Waals surface area contributed by atoms with Crippen LogP contribution >= 0.6 is 15.9 Å². The van der Waals surface area contributed by atoms with Crippen LogP contribution in [-0.2, 0) is 10.0 Å². The van der Waals surface area contributed by atoms with Crippen LogP contribution in [0.25, 0.3) is 11.3 Å². The molecule has 144 valence electrons. The van der Waals surface area contributed by atoms with E-state index in [4.69, 9.17) is 9.56 Å². The molecule has 0 saturated carbocycles. The molecule has 1 heterocycles. The highest BCUT2D eigenvalue weighted by Gasteiger charge is 2.18. The van der Waals surface area contributed by atoms with Crippen LogP contribution in [0.2, 0.25) is 0 Å². The first-order valence-corrected chi connectivity index (χ1v) is 10.0. The highest BCUT2D eigenvalue weighted by molar-refractivity contribution is 9.10. The van der Waals surface area contributed by atoms with E-state index in [-0.39, 0.29) is 10.6 Å². The minimum absolute atomic E-state index is 0.00577. The van der Waals surface area contributed by atoms with Crippen molar-refractivity contribution in [3.05, 3.63) is 74.9 Å². The van der Waals surface area contributed by atoms with Gasteiger partial charge in [0.05, 0.1) is 16.0 Å². The van der Waals surface area contributed by atoms with Gasteiger partial charge in [-0.3, -0.25) is 15.5 Å². The van der Waals surface area contributed by atoms with Crippen molar-refractivity contribution in [1.29, 1.82) is 0 Å². The first kappa shape index (κ1) is 19.7. The second-order valence-electron chi connectivity index (χ2n) is 5.53. The first-order valence-electron chi connectivity index (χ1n) is 7.71. The summed E-state index contributed by atoms with van der Waals surface area (Å²) in [6.07, 6.45) is 1.34. The van der Waals surface area contributed by atoms with Gasteiger partial charge in [-0.15, -0.1) is 0 Å². The number of hydrogen-bond donors (Lipinski definition) is 2. The molecule has 9 nitrogen and oxygen atoms in total. The van der Waals surface area contributed by atoms with Crippen molar-refractivity contribution in [3.63, 3.8) is 0 Å². The van der Waals surface area contributed by atoms with Crippen LogP contribution < -0.4 is 10.6 Å². The van der Waals surface area contributed by atoms with Gasteiger partial charge in [-0.1, -0.05) is 34.1 Å². The Morgan fingerprint density at radius 2 is 1.93 bits per heavy atom. The van der Waals surface area contributed by atoms with Crippen molar-refractivity contribution < 1.29 is 17.8 Å². The normalized spacial score (nSPS) is 11.6. The van der Waals surface area contributed by atoms with Gasteiger partial charge in [-0.05, 0) is 30.3 Å². The minimum Gasteiger partial charge on any atom is -0.455 e. The van der Waals surface area contributed by atoms with Crippen molar-refractivity contribution in [2.45, 2.75) is 4.90 Å². The van der Waals surface area contributed by atoms with Crippen LogP contribution in [0.15, 0.2) is 73.5 Å². The molecule has 0 bridgehead atoms. The largest absolute Gasteiger partial charge is 0.455 e. The van der Waals surface area contributed by atoms with E-state index >= 15 is 0 Å². The lowest BCUT2D eigenvalue weighted by Crippen LogP contribution is -2.12. The Bertz CT molecular complexity index is 1170. The summed E-state index contributed by atoms with van der Waals surface area (Å²) < 4.78 is 29.3. The van der Waals surface area contributed by atoms with Crippen molar-refractivity contribution >= 4 is 43.5 Å². The molecular formula is C17H13BrN4O5S. The molecule has 0 unspecified atom stereocenters. The smallest absolute Gasteiger partial charge is 0.295 e. The molecule has 0 aliphatic carbocycles. The second kappa shape index (κ2) is 7.92. The van der Waals surface area contributed by atoms with Gasteiger partial charge in [0.15, 0.2) is 0 Å². The predicted molar refractivity (Wildman–Crippen MR) is 108 cm³/mol. The lowest BCUT2D eigenvalue weighted by atomic mass is 10.2. The Labute approximate surface area is 168 Å². The number of hydrazone groups is 1. The minimum atomic E-state index is -4.06. The van der Waals surface area contributed by atoms with E-state index in [1.807, 2.05) is 24.3 Å². The predicted octanol–water partition coefficient (Wildman–Crippen LogP) is 3.71. The third-order valence-corrected chi connectivity index (χ3v) is 5.24. The molecule has 1 aromatic heterocycles. The Morgan fingerprint density at radius 3 is 2.61 bits per heavy atom. The molecule has 0 spiro atoms. The van der Waals surface area contributed by atoms with Crippen LogP contribution in [0, 0.1) is 10.1 Å². The topological polar surface area (TPSA) is 141 Å². The monoisotopic (exact) mass is 464 g/mol. The maximum absolute atomic E-state index is 11.4. The van der Waals surface area contributed by atoms with E-state index in [0.29, 0.717) is 11.5 Å². The lowest BCUT2D eigenvalue weighted by molar-refractivity contribution is -0.384. The second-order valence-corrected chi connectivity index (χ2v) is 7.95. The molecule has 3 N–H and O–H groups in total. The Kier molecular flexibility index (Phi) is 5.58. The number of benzene rings is 2. The number of nitrogens with two attached hydrogens (primary N) is 1. The Hall–Kier alpha value is -3.02. The van der Waals surface area contributed by atoms with Crippen molar-refractivity contribution in [2.75, 3.05) is 5.43 Å². The summed E-state index contributed by atoms with van der Waals surface area (Å²) in [5, 5.41) is 20.1. The van der Waals surface area contributed by atoms with Gasteiger partial charge in [-0.25, -0.2) is 13.6 Å². The molecule has 0 aliphatic heterocycles. The number of furan rings is 1. The number of sulfonamides is 1. The summed E-state index contributed by atoms with van der Waals surface area (Å²) in [4.78, 5) is 10.1. The lowest BCUT2D eigenvalue weighted by Gasteiger charge is -2.04. The molecule has 0 atom stereocenters. The number of anilines is 1. The number of nitro groups is 1. The zero-order chi connectivity index (χ0) is 20.3. The molecule has 0 saturated heterocycles. The summed E-state index contributed by atoms with van der Waals surface area (Å²) >= 11 is 3.45. The molecule has 2 aromatic carbocycles. The number of hydrogen-bond acceptors (Lipinski definition) is 7. The highest BCUT2D eigenvalue weighted by atomic mass is 79.9.